The van der Waals surface area contributed by atoms with Gasteiger partial charge in [-0.15, -0.1) is 0 Å². The fourth-order valence-electron chi connectivity index (χ4n) is 4.38. The molecule has 1 saturated carbocycles. The Labute approximate surface area is 210 Å². The number of pyridine rings is 1. The van der Waals surface area contributed by atoms with Crippen LogP contribution < -0.4 is 5.32 Å². The fourth-order valence-corrected chi connectivity index (χ4v) is 4.59. The lowest BCUT2D eigenvalue weighted by atomic mass is 9.99. The number of aromatic hydroxyl groups is 1. The zero-order chi connectivity index (χ0) is 24.5. The van der Waals surface area contributed by atoms with Crippen LogP contribution in [0.25, 0.3) is 22.0 Å². The van der Waals surface area contributed by atoms with Crippen molar-refractivity contribution < 1.29 is 9.50 Å². The molecule has 2 N–H and O–H groups in total. The Morgan fingerprint density at radius 3 is 2.66 bits per heavy atom. The van der Waals surface area contributed by atoms with E-state index in [1.807, 2.05) is 24.4 Å². The van der Waals surface area contributed by atoms with E-state index in [9.17, 15) is 9.50 Å². The van der Waals surface area contributed by atoms with Gasteiger partial charge >= 0.3 is 0 Å². The Hall–Kier alpha value is -3.15. The van der Waals surface area contributed by atoms with Crippen LogP contribution in [0.4, 0.5) is 15.8 Å². The van der Waals surface area contributed by atoms with Gasteiger partial charge in [-0.3, -0.25) is 4.98 Å². The number of nitrogens with one attached hydrogen (secondary N) is 1. The summed E-state index contributed by atoms with van der Waals surface area (Å²) in [5.74, 6) is -0.559. The van der Waals surface area contributed by atoms with Crippen LogP contribution in [-0.2, 0) is 12.8 Å². The number of fused-ring (bicyclic) bond motifs is 1. The van der Waals surface area contributed by atoms with Crippen LogP contribution in [0, 0.1) is 11.7 Å². The van der Waals surface area contributed by atoms with Crippen molar-refractivity contribution >= 4 is 33.9 Å². The van der Waals surface area contributed by atoms with Gasteiger partial charge in [-0.05, 0) is 104 Å². The molecule has 1 aliphatic carbocycles. The average Bonchev–Trinajstić information content (AvgIpc) is 3.66. The largest absolute Gasteiger partial charge is 0.504 e. The number of phenols is 1. The average molecular weight is 490 g/mol. The van der Waals surface area contributed by atoms with E-state index < -0.39 is 11.6 Å². The van der Waals surface area contributed by atoms with Crippen molar-refractivity contribution in [2.24, 2.45) is 5.92 Å². The first kappa shape index (κ1) is 23.6. The van der Waals surface area contributed by atoms with Crippen LogP contribution in [0.15, 0.2) is 60.8 Å². The maximum absolute atomic E-state index is 14.2. The minimum atomic E-state index is -0.735. The third-order valence-corrected chi connectivity index (χ3v) is 6.83. The number of nitrogens with zero attached hydrogens (tertiary/aromatic N) is 2. The molecular formula is C29H29ClFN3O. The molecule has 35 heavy (non-hydrogen) atoms. The predicted octanol–water partition coefficient (Wildman–Crippen LogP) is 7.20. The molecule has 5 rings (SSSR count). The van der Waals surface area contributed by atoms with Crippen LogP contribution in [-0.4, -0.2) is 35.6 Å². The van der Waals surface area contributed by atoms with Crippen LogP contribution in [0.5, 0.6) is 5.75 Å². The highest BCUT2D eigenvalue weighted by atomic mass is 35.5. The highest BCUT2D eigenvalue weighted by molar-refractivity contribution is 6.32. The molecule has 180 valence electrons. The van der Waals surface area contributed by atoms with Gasteiger partial charge in [0.25, 0.3) is 0 Å². The lowest BCUT2D eigenvalue weighted by Crippen LogP contribution is -2.15. The lowest BCUT2D eigenvalue weighted by molar-refractivity contribution is 0.413. The quantitative estimate of drug-likeness (QED) is 0.275. The molecule has 0 unspecified atom stereocenters. The van der Waals surface area contributed by atoms with Crippen molar-refractivity contribution in [1.29, 1.82) is 0 Å². The van der Waals surface area contributed by atoms with E-state index in [1.165, 1.54) is 30.0 Å². The molecule has 1 fully saturated rings. The molecule has 1 aliphatic rings. The molecule has 4 aromatic rings. The number of anilines is 2. The number of benzene rings is 3. The van der Waals surface area contributed by atoms with E-state index >= 15 is 0 Å². The van der Waals surface area contributed by atoms with E-state index in [2.05, 4.69) is 48.6 Å². The minimum absolute atomic E-state index is 0.00593. The maximum Gasteiger partial charge on any atom is 0.170 e. The molecule has 0 aliphatic heterocycles. The number of hydrogen-bond donors (Lipinski definition) is 2. The van der Waals surface area contributed by atoms with E-state index in [4.69, 9.17) is 16.6 Å². The predicted molar refractivity (Wildman–Crippen MR) is 142 cm³/mol. The van der Waals surface area contributed by atoms with Gasteiger partial charge in [-0.1, -0.05) is 29.8 Å². The van der Waals surface area contributed by atoms with E-state index in [1.54, 1.807) is 6.07 Å². The third-order valence-electron chi connectivity index (χ3n) is 6.55. The second-order valence-electron chi connectivity index (χ2n) is 9.71. The SMILES string of the molecule is CN(C)CCc1cccc(Nc2c(CC3CC3)cnc3ccc(-c4cc(F)c(O)c(Cl)c4)cc23)c1. The second-order valence-corrected chi connectivity index (χ2v) is 10.1. The summed E-state index contributed by atoms with van der Waals surface area (Å²) in [5.41, 5.74) is 6.83. The van der Waals surface area contributed by atoms with Crippen molar-refractivity contribution in [1.82, 2.24) is 9.88 Å². The summed E-state index contributed by atoms with van der Waals surface area (Å²) in [6, 6.07) is 17.3. The van der Waals surface area contributed by atoms with Crippen molar-refractivity contribution in [3.8, 4) is 16.9 Å². The molecule has 0 bridgehead atoms. The van der Waals surface area contributed by atoms with Crippen LogP contribution in [0.2, 0.25) is 5.02 Å². The van der Waals surface area contributed by atoms with Gasteiger partial charge < -0.3 is 15.3 Å². The summed E-state index contributed by atoms with van der Waals surface area (Å²) in [6.07, 6.45) is 6.45. The number of hydrogen-bond acceptors (Lipinski definition) is 4. The van der Waals surface area contributed by atoms with Crippen LogP contribution in [0.3, 0.4) is 0 Å². The summed E-state index contributed by atoms with van der Waals surface area (Å²) in [5, 5.41) is 14.4. The first-order chi connectivity index (χ1) is 16.9. The molecule has 1 heterocycles. The van der Waals surface area contributed by atoms with Crippen LogP contribution >= 0.6 is 11.6 Å². The third kappa shape index (κ3) is 5.42. The minimum Gasteiger partial charge on any atom is -0.504 e. The van der Waals surface area contributed by atoms with Crippen molar-refractivity contribution in [2.45, 2.75) is 25.7 Å². The molecule has 0 saturated heterocycles. The summed E-state index contributed by atoms with van der Waals surface area (Å²) in [4.78, 5) is 6.91. The first-order valence-corrected chi connectivity index (χ1v) is 12.4. The molecule has 0 radical (unpaired) electrons. The standard InChI is InChI=1S/C29H29ClFN3O/c1-34(2)11-10-18-4-3-5-23(13-18)33-28-22(12-19-6-7-19)17-32-27-9-8-20(14-24(27)28)21-15-25(30)29(35)26(31)16-21/h3-5,8-9,13-17,19,35H,6-7,10-12H2,1-2H3,(H,32,33). The molecule has 6 heteroatoms. The molecular weight excluding hydrogens is 461 g/mol. The monoisotopic (exact) mass is 489 g/mol. The summed E-state index contributed by atoms with van der Waals surface area (Å²) >= 11 is 6.06. The Morgan fingerprint density at radius 2 is 1.91 bits per heavy atom. The highest BCUT2D eigenvalue weighted by Gasteiger charge is 2.24. The second kappa shape index (κ2) is 9.84. The number of phenolic OH excluding ortho intramolecular Hbond substituents is 1. The van der Waals surface area contributed by atoms with E-state index in [-0.39, 0.29) is 5.02 Å². The summed E-state index contributed by atoms with van der Waals surface area (Å²) in [7, 11) is 4.17. The summed E-state index contributed by atoms with van der Waals surface area (Å²) < 4.78 is 14.2. The number of likely N-dealkylation sites (N-methyl/N-ethyl adjacent to an activating group) is 1. The number of rotatable bonds is 8. The number of aromatic nitrogens is 1. The fraction of sp³-hybridized carbons (Fsp3) is 0.276. The molecule has 0 spiro atoms. The van der Waals surface area contributed by atoms with Crippen molar-refractivity contribution in [3.63, 3.8) is 0 Å². The topological polar surface area (TPSA) is 48.4 Å². The Bertz CT molecular complexity index is 1360. The Kier molecular flexibility index (Phi) is 6.63. The number of halogens is 2. The molecule has 4 nitrogen and oxygen atoms in total. The van der Waals surface area contributed by atoms with Crippen molar-refractivity contribution in [2.75, 3.05) is 26.0 Å². The Morgan fingerprint density at radius 1 is 1.09 bits per heavy atom. The zero-order valence-electron chi connectivity index (χ0n) is 20.0. The maximum atomic E-state index is 14.2. The first-order valence-electron chi connectivity index (χ1n) is 12.0. The molecule has 3 aromatic carbocycles. The normalized spacial score (nSPS) is 13.5. The molecule has 0 atom stereocenters. The Balaban J connectivity index is 1.58. The lowest BCUT2D eigenvalue weighted by Gasteiger charge is -2.17. The smallest absolute Gasteiger partial charge is 0.170 e. The van der Waals surface area contributed by atoms with Gasteiger partial charge in [-0.2, -0.15) is 0 Å². The van der Waals surface area contributed by atoms with Gasteiger partial charge in [0.15, 0.2) is 11.6 Å². The molecule has 1 aromatic heterocycles. The van der Waals surface area contributed by atoms with E-state index in [0.29, 0.717) is 11.5 Å². The van der Waals surface area contributed by atoms with Gasteiger partial charge in [0.05, 0.1) is 16.2 Å². The van der Waals surface area contributed by atoms with Gasteiger partial charge in [-0.25, -0.2) is 4.39 Å². The van der Waals surface area contributed by atoms with Crippen LogP contribution in [0.1, 0.15) is 24.0 Å². The van der Waals surface area contributed by atoms with Crippen molar-refractivity contribution in [3.05, 3.63) is 82.8 Å². The molecule has 0 amide bonds. The van der Waals surface area contributed by atoms with Gasteiger partial charge in [0.2, 0.25) is 0 Å². The van der Waals surface area contributed by atoms with Gasteiger partial charge in [0.1, 0.15) is 0 Å². The summed E-state index contributed by atoms with van der Waals surface area (Å²) in [6.45, 7) is 0.990. The van der Waals surface area contributed by atoms with Gasteiger partial charge in [0, 0.05) is 23.8 Å². The van der Waals surface area contributed by atoms with E-state index in [0.717, 1.165) is 47.2 Å². The zero-order valence-corrected chi connectivity index (χ0v) is 20.7. The highest BCUT2D eigenvalue weighted by Crippen LogP contribution is 2.39.